The first kappa shape index (κ1) is 26.5. The van der Waals surface area contributed by atoms with E-state index in [1.807, 2.05) is 18.2 Å². The fourth-order valence-electron chi connectivity index (χ4n) is 5.19. The Balaban J connectivity index is 1.56. The van der Waals surface area contributed by atoms with E-state index in [4.69, 9.17) is 27.9 Å². The fourth-order valence-corrected chi connectivity index (χ4v) is 5.71. The molecule has 4 nitrogen and oxygen atoms in total. The highest BCUT2D eigenvalue weighted by Gasteiger charge is 2.24. The molecule has 3 aromatic carbocycles. The molecule has 0 spiro atoms. The van der Waals surface area contributed by atoms with Crippen LogP contribution in [0.1, 0.15) is 51.9 Å². The molecule has 0 atom stereocenters. The molecule has 0 radical (unpaired) electrons. The van der Waals surface area contributed by atoms with Crippen LogP contribution in [0.3, 0.4) is 0 Å². The lowest BCUT2D eigenvalue weighted by Crippen LogP contribution is -2.20. The number of benzene rings is 3. The number of rotatable bonds is 7. The van der Waals surface area contributed by atoms with Gasteiger partial charge in [-0.25, -0.2) is 4.79 Å². The summed E-state index contributed by atoms with van der Waals surface area (Å²) in [4.78, 5) is 13.9. The molecule has 2 aliphatic rings. The highest BCUT2D eigenvalue weighted by Crippen LogP contribution is 2.43. The third kappa shape index (κ3) is 5.80. The maximum absolute atomic E-state index is 12.5. The molecule has 0 amide bonds. The van der Waals surface area contributed by atoms with Crippen molar-refractivity contribution < 1.29 is 19.0 Å². The van der Waals surface area contributed by atoms with Crippen LogP contribution in [-0.4, -0.2) is 48.9 Å². The number of aromatic carboxylic acids is 1. The molecule has 1 fully saturated rings. The Hall–Kier alpha value is -3.12. The van der Waals surface area contributed by atoms with Crippen LogP contribution in [0.15, 0.2) is 66.2 Å². The van der Waals surface area contributed by atoms with Crippen LogP contribution in [0.25, 0.3) is 17.2 Å². The normalized spacial score (nSPS) is 16.9. The van der Waals surface area contributed by atoms with Gasteiger partial charge in [0.1, 0.15) is 5.75 Å². The summed E-state index contributed by atoms with van der Waals surface area (Å²) in [6.45, 7) is 2.75. The smallest absolute Gasteiger partial charge is 0.335 e. The maximum Gasteiger partial charge on any atom is 0.335 e. The summed E-state index contributed by atoms with van der Waals surface area (Å²) < 4.78 is 18.6. The van der Waals surface area contributed by atoms with Gasteiger partial charge in [-0.3, -0.25) is 9.29 Å². The number of carbonyl (C=O) groups is 1. The molecule has 7 heteroatoms. The number of nitrogens with zero attached hydrogens (tertiary/aromatic N) is 1. The van der Waals surface area contributed by atoms with Crippen LogP contribution in [0, 0.1) is 0 Å². The number of ether oxygens (including phenoxy) is 1. The zero-order valence-electron chi connectivity index (χ0n) is 20.9. The standard InChI is InChI=1S/C31H28Cl2FNO3/c32-24-7-9-25(28(33)18-24)26-11-15-38-29-17-23(31(36)37)6-8-27(29)30(26)22-4-2-20(3-5-22)16-21-10-14-35(19-21)13-1-12-34/h2-9,16-18H,1,10-15,19H2,(H,36,37). The number of alkyl halides is 1. The SMILES string of the molecule is O=C(O)c1ccc2c(c1)OCCC(c1ccc(Cl)cc1Cl)=C2c1ccc(C=C2CCN(CCCF)C2)cc1. The van der Waals surface area contributed by atoms with Crippen LogP contribution in [0.5, 0.6) is 5.75 Å². The summed E-state index contributed by atoms with van der Waals surface area (Å²) >= 11 is 12.8. The number of carboxylic acids is 1. The number of carboxylic acid groups (broad SMARTS) is 1. The Morgan fingerprint density at radius 1 is 1.03 bits per heavy atom. The summed E-state index contributed by atoms with van der Waals surface area (Å²) in [5, 5.41) is 10.6. The van der Waals surface area contributed by atoms with Crippen LogP contribution in [-0.2, 0) is 0 Å². The monoisotopic (exact) mass is 551 g/mol. The van der Waals surface area contributed by atoms with Crippen molar-refractivity contribution in [2.45, 2.75) is 19.3 Å². The lowest BCUT2D eigenvalue weighted by Gasteiger charge is -2.17. The third-order valence-electron chi connectivity index (χ3n) is 7.02. The number of hydrogen-bond donors (Lipinski definition) is 1. The molecule has 2 heterocycles. The maximum atomic E-state index is 12.5. The molecule has 196 valence electrons. The van der Waals surface area contributed by atoms with Gasteiger partial charge in [-0.1, -0.05) is 65.2 Å². The zero-order valence-corrected chi connectivity index (χ0v) is 22.4. The van der Waals surface area contributed by atoms with Gasteiger partial charge in [0.15, 0.2) is 0 Å². The molecule has 1 N–H and O–H groups in total. The quantitative estimate of drug-likeness (QED) is 0.324. The van der Waals surface area contributed by atoms with Crippen LogP contribution in [0.4, 0.5) is 4.39 Å². The molecule has 0 aromatic heterocycles. The van der Waals surface area contributed by atoms with Gasteiger partial charge < -0.3 is 9.84 Å². The molecular formula is C31H28Cl2FNO3. The van der Waals surface area contributed by atoms with Gasteiger partial charge in [-0.15, -0.1) is 0 Å². The number of halogens is 3. The van der Waals surface area contributed by atoms with Crippen molar-refractivity contribution in [3.8, 4) is 5.75 Å². The Kier molecular flexibility index (Phi) is 8.18. The van der Waals surface area contributed by atoms with E-state index in [0.717, 1.165) is 59.5 Å². The second-order valence-corrected chi connectivity index (χ2v) is 10.4. The van der Waals surface area contributed by atoms with Crippen molar-refractivity contribution in [3.63, 3.8) is 0 Å². The summed E-state index contributed by atoms with van der Waals surface area (Å²) in [6, 6.07) is 18.8. The van der Waals surface area contributed by atoms with Crippen molar-refractivity contribution in [1.82, 2.24) is 4.90 Å². The van der Waals surface area contributed by atoms with E-state index >= 15 is 0 Å². The van der Waals surface area contributed by atoms with E-state index in [1.54, 1.807) is 18.2 Å². The lowest BCUT2D eigenvalue weighted by molar-refractivity contribution is 0.0696. The van der Waals surface area contributed by atoms with Crippen molar-refractivity contribution in [3.05, 3.63) is 104 Å². The van der Waals surface area contributed by atoms with E-state index in [2.05, 4.69) is 35.2 Å². The molecule has 5 rings (SSSR count). The Morgan fingerprint density at radius 2 is 1.82 bits per heavy atom. The summed E-state index contributed by atoms with van der Waals surface area (Å²) in [7, 11) is 0. The number of hydrogen-bond acceptors (Lipinski definition) is 3. The average Bonchev–Trinajstić information content (AvgIpc) is 3.26. The van der Waals surface area contributed by atoms with E-state index in [-0.39, 0.29) is 12.2 Å². The average molecular weight is 552 g/mol. The lowest BCUT2D eigenvalue weighted by atomic mass is 9.87. The molecular weight excluding hydrogens is 524 g/mol. The van der Waals surface area contributed by atoms with Gasteiger partial charge >= 0.3 is 5.97 Å². The van der Waals surface area contributed by atoms with Gasteiger partial charge in [-0.05, 0) is 71.0 Å². The van der Waals surface area contributed by atoms with Crippen molar-refractivity contribution in [2.75, 3.05) is 32.9 Å². The van der Waals surface area contributed by atoms with Gasteiger partial charge in [0.2, 0.25) is 0 Å². The molecule has 0 aliphatic carbocycles. The minimum absolute atomic E-state index is 0.176. The summed E-state index contributed by atoms with van der Waals surface area (Å²) in [5.41, 5.74) is 7.27. The van der Waals surface area contributed by atoms with Crippen molar-refractivity contribution in [1.29, 1.82) is 0 Å². The molecule has 0 bridgehead atoms. The van der Waals surface area contributed by atoms with Crippen LogP contribution < -0.4 is 4.74 Å². The fraction of sp³-hybridized carbons (Fsp3) is 0.258. The van der Waals surface area contributed by atoms with Crippen molar-refractivity contribution in [2.24, 2.45) is 0 Å². The molecule has 3 aromatic rings. The largest absolute Gasteiger partial charge is 0.493 e. The Labute approximate surface area is 232 Å². The highest BCUT2D eigenvalue weighted by atomic mass is 35.5. The Bertz CT molecular complexity index is 1420. The van der Waals surface area contributed by atoms with Gasteiger partial charge in [0.05, 0.1) is 18.8 Å². The second-order valence-electron chi connectivity index (χ2n) is 9.59. The molecule has 2 aliphatic heterocycles. The van der Waals surface area contributed by atoms with Gasteiger partial charge in [0.25, 0.3) is 0 Å². The zero-order chi connectivity index (χ0) is 26.6. The first-order valence-corrected chi connectivity index (χ1v) is 13.5. The predicted molar refractivity (Wildman–Crippen MR) is 152 cm³/mol. The molecule has 1 saturated heterocycles. The Morgan fingerprint density at radius 3 is 2.55 bits per heavy atom. The minimum atomic E-state index is -1.00. The number of likely N-dealkylation sites (tertiary alicyclic amines) is 1. The first-order valence-electron chi connectivity index (χ1n) is 12.7. The summed E-state index contributed by atoms with van der Waals surface area (Å²) in [6.07, 6.45) is 4.38. The number of fused-ring (bicyclic) bond motifs is 1. The van der Waals surface area contributed by atoms with Crippen LogP contribution >= 0.6 is 23.2 Å². The molecule has 0 unspecified atom stereocenters. The van der Waals surface area contributed by atoms with E-state index in [9.17, 15) is 14.3 Å². The second kappa shape index (κ2) is 11.7. The van der Waals surface area contributed by atoms with E-state index in [1.165, 1.54) is 5.57 Å². The topological polar surface area (TPSA) is 49.8 Å². The summed E-state index contributed by atoms with van der Waals surface area (Å²) in [5.74, 6) is -0.467. The van der Waals surface area contributed by atoms with Gasteiger partial charge in [-0.2, -0.15) is 0 Å². The molecule has 0 saturated carbocycles. The van der Waals surface area contributed by atoms with Gasteiger partial charge in [0, 0.05) is 41.7 Å². The third-order valence-corrected chi connectivity index (χ3v) is 7.57. The van der Waals surface area contributed by atoms with E-state index < -0.39 is 5.97 Å². The van der Waals surface area contributed by atoms with Crippen molar-refractivity contribution >= 4 is 46.4 Å². The first-order chi connectivity index (χ1) is 18.4. The predicted octanol–water partition coefficient (Wildman–Crippen LogP) is 7.88. The van der Waals surface area contributed by atoms with Crippen LogP contribution in [0.2, 0.25) is 10.0 Å². The van der Waals surface area contributed by atoms with E-state index in [0.29, 0.717) is 35.2 Å². The minimum Gasteiger partial charge on any atom is -0.493 e. The highest BCUT2D eigenvalue weighted by molar-refractivity contribution is 6.36. The molecule has 38 heavy (non-hydrogen) atoms.